The third-order valence-corrected chi connectivity index (χ3v) is 4.53. The topological polar surface area (TPSA) is 38.2 Å². The summed E-state index contributed by atoms with van der Waals surface area (Å²) in [4.78, 5) is 11.1. The molecular weight excluding hydrogens is 354 g/mol. The summed E-state index contributed by atoms with van der Waals surface area (Å²) in [6.45, 7) is 2.68. The molecule has 4 nitrogen and oxygen atoms in total. The van der Waals surface area contributed by atoms with E-state index in [1.807, 2.05) is 18.2 Å². The van der Waals surface area contributed by atoms with Crippen LogP contribution in [0, 0.1) is 5.92 Å². The van der Waals surface area contributed by atoms with Gasteiger partial charge < -0.3 is 9.64 Å². The Morgan fingerprint density at radius 3 is 2.87 bits per heavy atom. The van der Waals surface area contributed by atoms with Crippen molar-refractivity contribution in [2.75, 3.05) is 24.6 Å². The monoisotopic (exact) mass is 369 g/mol. The zero-order valence-electron chi connectivity index (χ0n) is 12.5. The highest BCUT2D eigenvalue weighted by atomic mass is 79.9. The van der Waals surface area contributed by atoms with E-state index in [1.54, 1.807) is 12.4 Å². The number of hydrogen-bond donors (Lipinski definition) is 0. The van der Waals surface area contributed by atoms with Gasteiger partial charge in [-0.25, -0.2) is 4.98 Å². The fourth-order valence-electron chi connectivity index (χ4n) is 2.76. The van der Waals surface area contributed by atoms with Crippen LogP contribution in [0.4, 0.5) is 5.82 Å². The molecule has 0 saturated carbocycles. The van der Waals surface area contributed by atoms with Crippen molar-refractivity contribution in [1.82, 2.24) is 9.97 Å². The van der Waals surface area contributed by atoms with Gasteiger partial charge in [-0.1, -0.05) is 22.0 Å². The van der Waals surface area contributed by atoms with Gasteiger partial charge in [0.25, 0.3) is 0 Å². The van der Waals surface area contributed by atoms with Gasteiger partial charge in [-0.05, 0) is 36.4 Å². The standard InChI is InChI=1S/C18H16BrN3O/c19-15-5-3-14-4-6-18(21-17(14)8-15)22-10-13(11-22)12-23-16-2-1-7-20-9-16/h1-9,13H,10-12H2. The average molecular weight is 370 g/mol. The normalized spacial score (nSPS) is 14.7. The molecule has 1 saturated heterocycles. The summed E-state index contributed by atoms with van der Waals surface area (Å²) >= 11 is 3.50. The van der Waals surface area contributed by atoms with Crippen LogP contribution in [-0.2, 0) is 0 Å². The minimum atomic E-state index is 0.537. The first-order valence-electron chi connectivity index (χ1n) is 7.62. The molecule has 0 radical (unpaired) electrons. The second kappa shape index (κ2) is 6.16. The third-order valence-electron chi connectivity index (χ3n) is 4.04. The molecule has 4 rings (SSSR count). The van der Waals surface area contributed by atoms with Crippen molar-refractivity contribution in [2.24, 2.45) is 5.92 Å². The van der Waals surface area contributed by atoms with E-state index in [0.717, 1.165) is 46.6 Å². The van der Waals surface area contributed by atoms with E-state index in [2.05, 4.69) is 50.1 Å². The minimum absolute atomic E-state index is 0.537. The summed E-state index contributed by atoms with van der Waals surface area (Å²) in [6.07, 6.45) is 3.50. The molecule has 1 aliphatic heterocycles. The molecule has 0 amide bonds. The molecule has 0 spiro atoms. The van der Waals surface area contributed by atoms with Crippen LogP contribution in [0.25, 0.3) is 10.9 Å². The number of fused-ring (bicyclic) bond motifs is 1. The van der Waals surface area contributed by atoms with Gasteiger partial charge in [0.05, 0.1) is 18.3 Å². The van der Waals surface area contributed by atoms with Crippen molar-refractivity contribution < 1.29 is 4.74 Å². The van der Waals surface area contributed by atoms with Gasteiger partial charge in [0, 0.05) is 35.1 Å². The van der Waals surface area contributed by atoms with Crippen LogP contribution in [0.3, 0.4) is 0 Å². The Labute approximate surface area is 143 Å². The van der Waals surface area contributed by atoms with Crippen LogP contribution in [0.2, 0.25) is 0 Å². The zero-order chi connectivity index (χ0) is 15.6. The highest BCUT2D eigenvalue weighted by Gasteiger charge is 2.28. The SMILES string of the molecule is Brc1ccc2ccc(N3CC(COc4cccnc4)C3)nc2c1. The summed E-state index contributed by atoms with van der Waals surface area (Å²) in [5.74, 6) is 2.41. The Morgan fingerprint density at radius 2 is 2.04 bits per heavy atom. The maximum Gasteiger partial charge on any atom is 0.137 e. The van der Waals surface area contributed by atoms with Gasteiger partial charge >= 0.3 is 0 Å². The molecule has 3 heterocycles. The number of anilines is 1. The fourth-order valence-corrected chi connectivity index (χ4v) is 3.11. The van der Waals surface area contributed by atoms with Crippen LogP contribution in [-0.4, -0.2) is 29.7 Å². The van der Waals surface area contributed by atoms with E-state index in [4.69, 9.17) is 9.72 Å². The molecule has 5 heteroatoms. The molecule has 1 aliphatic rings. The van der Waals surface area contributed by atoms with E-state index in [0.29, 0.717) is 5.92 Å². The number of ether oxygens (including phenoxy) is 1. The van der Waals surface area contributed by atoms with E-state index in [1.165, 1.54) is 0 Å². The molecular formula is C18H16BrN3O. The smallest absolute Gasteiger partial charge is 0.137 e. The number of nitrogens with zero attached hydrogens (tertiary/aromatic N) is 3. The number of benzene rings is 1. The second-order valence-electron chi connectivity index (χ2n) is 5.78. The molecule has 23 heavy (non-hydrogen) atoms. The number of halogens is 1. The van der Waals surface area contributed by atoms with Crippen LogP contribution in [0.1, 0.15) is 0 Å². The summed E-state index contributed by atoms with van der Waals surface area (Å²) < 4.78 is 6.82. The van der Waals surface area contributed by atoms with Crippen LogP contribution in [0.5, 0.6) is 5.75 Å². The van der Waals surface area contributed by atoms with Crippen LogP contribution >= 0.6 is 15.9 Å². The fraction of sp³-hybridized carbons (Fsp3) is 0.222. The maximum absolute atomic E-state index is 5.76. The van der Waals surface area contributed by atoms with Crippen molar-refractivity contribution in [2.45, 2.75) is 0 Å². The summed E-state index contributed by atoms with van der Waals surface area (Å²) in [6, 6.07) is 14.2. The van der Waals surface area contributed by atoms with E-state index in [-0.39, 0.29) is 0 Å². The van der Waals surface area contributed by atoms with Gasteiger partial charge in [-0.3, -0.25) is 4.98 Å². The third kappa shape index (κ3) is 3.15. The molecule has 0 aliphatic carbocycles. The van der Waals surface area contributed by atoms with Gasteiger partial charge in [0.1, 0.15) is 11.6 Å². The van der Waals surface area contributed by atoms with Crippen molar-refractivity contribution in [3.05, 3.63) is 59.3 Å². The Hall–Kier alpha value is -2.14. The lowest BCUT2D eigenvalue weighted by Gasteiger charge is -2.40. The van der Waals surface area contributed by atoms with Crippen molar-refractivity contribution in [1.29, 1.82) is 0 Å². The Morgan fingerprint density at radius 1 is 1.17 bits per heavy atom. The summed E-state index contributed by atoms with van der Waals surface area (Å²) in [5, 5.41) is 1.16. The molecule has 116 valence electrons. The van der Waals surface area contributed by atoms with Gasteiger partial charge in [0.15, 0.2) is 0 Å². The largest absolute Gasteiger partial charge is 0.492 e. The van der Waals surface area contributed by atoms with Crippen molar-refractivity contribution >= 4 is 32.7 Å². The number of pyridine rings is 2. The lowest BCUT2D eigenvalue weighted by molar-refractivity contribution is 0.219. The molecule has 0 atom stereocenters. The quantitative estimate of drug-likeness (QED) is 0.698. The van der Waals surface area contributed by atoms with E-state index < -0.39 is 0 Å². The first-order valence-corrected chi connectivity index (χ1v) is 8.41. The van der Waals surface area contributed by atoms with Gasteiger partial charge in [-0.2, -0.15) is 0 Å². The number of rotatable bonds is 4. The summed E-state index contributed by atoms with van der Waals surface area (Å²) in [7, 11) is 0. The molecule has 1 fully saturated rings. The number of hydrogen-bond acceptors (Lipinski definition) is 4. The molecule has 0 bridgehead atoms. The van der Waals surface area contributed by atoms with Crippen molar-refractivity contribution in [3.63, 3.8) is 0 Å². The minimum Gasteiger partial charge on any atom is -0.492 e. The lowest BCUT2D eigenvalue weighted by Crippen LogP contribution is -2.49. The second-order valence-corrected chi connectivity index (χ2v) is 6.69. The Kier molecular flexibility index (Phi) is 3.87. The van der Waals surface area contributed by atoms with Gasteiger partial charge in [-0.15, -0.1) is 0 Å². The Bertz CT molecular complexity index is 819. The number of aromatic nitrogens is 2. The predicted molar refractivity (Wildman–Crippen MR) is 94.9 cm³/mol. The van der Waals surface area contributed by atoms with Gasteiger partial charge in [0.2, 0.25) is 0 Å². The van der Waals surface area contributed by atoms with Crippen LogP contribution < -0.4 is 9.64 Å². The predicted octanol–water partition coefficient (Wildman–Crippen LogP) is 3.91. The maximum atomic E-state index is 5.76. The summed E-state index contributed by atoms with van der Waals surface area (Å²) in [5.41, 5.74) is 1.02. The first kappa shape index (κ1) is 14.5. The van der Waals surface area contributed by atoms with Crippen LogP contribution in [0.15, 0.2) is 59.3 Å². The molecule has 2 aromatic heterocycles. The molecule has 3 aromatic rings. The Balaban J connectivity index is 1.38. The first-order chi connectivity index (χ1) is 11.3. The zero-order valence-corrected chi connectivity index (χ0v) is 14.1. The highest BCUT2D eigenvalue weighted by Crippen LogP contribution is 2.26. The molecule has 0 N–H and O–H groups in total. The highest BCUT2D eigenvalue weighted by molar-refractivity contribution is 9.10. The molecule has 1 aromatic carbocycles. The molecule has 0 unspecified atom stereocenters. The average Bonchev–Trinajstić information content (AvgIpc) is 2.54. The van der Waals surface area contributed by atoms with Crippen molar-refractivity contribution in [3.8, 4) is 5.75 Å². The van der Waals surface area contributed by atoms with E-state index >= 15 is 0 Å². The van der Waals surface area contributed by atoms with E-state index in [9.17, 15) is 0 Å². The lowest BCUT2D eigenvalue weighted by atomic mass is 10.0.